The van der Waals surface area contributed by atoms with Crippen molar-refractivity contribution in [1.82, 2.24) is 0 Å². The highest BCUT2D eigenvalue weighted by molar-refractivity contribution is 7.99. The van der Waals surface area contributed by atoms with Crippen LogP contribution in [0, 0.1) is 35.3 Å². The van der Waals surface area contributed by atoms with Gasteiger partial charge >= 0.3 is 11.9 Å². The Morgan fingerprint density at radius 2 is 1.88 bits per heavy atom. The molecule has 0 aromatic heterocycles. The number of carboxylic acid groups (broad SMARTS) is 2. The number of benzene rings is 1. The van der Waals surface area contributed by atoms with Gasteiger partial charge in [-0.2, -0.15) is 0 Å². The number of carbonyl (C=O) groups is 2. The van der Waals surface area contributed by atoms with Crippen molar-refractivity contribution in [2.24, 2.45) is 29.4 Å². The van der Waals surface area contributed by atoms with Crippen molar-refractivity contribution in [3.8, 4) is 0 Å². The normalized spacial score (nSPS) is 35.6. The van der Waals surface area contributed by atoms with E-state index in [0.717, 1.165) is 23.9 Å². The smallest absolute Gasteiger partial charge is 0.324 e. The summed E-state index contributed by atoms with van der Waals surface area (Å²) in [6, 6.07) is 3.26. The van der Waals surface area contributed by atoms with E-state index in [1.807, 2.05) is 0 Å². The quantitative estimate of drug-likeness (QED) is 0.553. The van der Waals surface area contributed by atoms with Crippen LogP contribution in [0.3, 0.4) is 0 Å². The molecular formula is C15H16ClF2NO5S. The highest BCUT2D eigenvalue weighted by Gasteiger charge is 2.77. The Labute approximate surface area is 151 Å². The molecule has 0 amide bonds. The van der Waals surface area contributed by atoms with Gasteiger partial charge in [0.1, 0.15) is 5.54 Å². The summed E-state index contributed by atoms with van der Waals surface area (Å²) < 4.78 is 26.2. The minimum Gasteiger partial charge on any atom is -0.481 e. The van der Waals surface area contributed by atoms with Crippen molar-refractivity contribution < 1.29 is 33.7 Å². The predicted molar refractivity (Wildman–Crippen MR) is 86.5 cm³/mol. The van der Waals surface area contributed by atoms with Crippen molar-refractivity contribution in [3.05, 3.63) is 29.8 Å². The fourth-order valence-electron chi connectivity index (χ4n) is 3.78. The van der Waals surface area contributed by atoms with Crippen LogP contribution in [0.25, 0.3) is 0 Å². The Morgan fingerprint density at radius 1 is 1.24 bits per heavy atom. The van der Waals surface area contributed by atoms with Crippen molar-refractivity contribution in [1.29, 1.82) is 0 Å². The molecule has 1 aromatic carbocycles. The number of hydrogen-bond acceptors (Lipinski definition) is 5. The van der Waals surface area contributed by atoms with Crippen LogP contribution in [0.1, 0.15) is 0 Å². The summed E-state index contributed by atoms with van der Waals surface area (Å²) in [6.45, 7) is 0. The van der Waals surface area contributed by atoms with Gasteiger partial charge in [-0.1, -0.05) is 0 Å². The molecule has 2 fully saturated rings. The molecular weight excluding hydrogens is 380 g/mol. The van der Waals surface area contributed by atoms with Crippen LogP contribution in [0.15, 0.2) is 23.1 Å². The first-order valence-electron chi connectivity index (χ1n) is 7.20. The lowest BCUT2D eigenvalue weighted by Crippen LogP contribution is -2.58. The van der Waals surface area contributed by atoms with Crippen molar-refractivity contribution in [2.75, 3.05) is 5.75 Å². The van der Waals surface area contributed by atoms with Crippen LogP contribution in [0.5, 0.6) is 0 Å². The number of aliphatic carboxylic acids is 2. The molecule has 2 saturated carbocycles. The third kappa shape index (κ3) is 2.99. The number of nitrogens with two attached hydrogens (primary N) is 1. The van der Waals surface area contributed by atoms with Gasteiger partial charge < -0.3 is 21.1 Å². The number of thioether (sulfide) groups is 1. The average molecular weight is 396 g/mol. The zero-order valence-corrected chi connectivity index (χ0v) is 14.3. The van der Waals surface area contributed by atoms with E-state index >= 15 is 0 Å². The van der Waals surface area contributed by atoms with Crippen molar-refractivity contribution in [2.45, 2.75) is 16.5 Å². The van der Waals surface area contributed by atoms with Gasteiger partial charge in [-0.25, -0.2) is 8.78 Å². The molecule has 6 nitrogen and oxygen atoms in total. The minimum atomic E-state index is -1.86. The third-order valence-electron chi connectivity index (χ3n) is 5.02. The van der Waals surface area contributed by atoms with Gasteiger partial charge in [0.25, 0.3) is 0 Å². The minimum absolute atomic E-state index is 0. The Kier molecular flexibility index (Phi) is 5.34. The molecule has 0 radical (unpaired) electrons. The molecule has 2 aliphatic rings. The number of aliphatic hydroxyl groups excluding tert-OH is 1. The second-order valence-corrected chi connectivity index (χ2v) is 7.28. The van der Waals surface area contributed by atoms with Crippen LogP contribution in [0.2, 0.25) is 0 Å². The molecule has 0 unspecified atom stereocenters. The molecule has 25 heavy (non-hydrogen) atoms. The maximum Gasteiger partial charge on any atom is 0.324 e. The first kappa shape index (κ1) is 19.9. The SMILES string of the molecule is Cl.N[C@]1(C(=O)O)[C@@H]2[C@@H](C(=O)O)[C@@H]2[C@H](O)[C@H]1CSc1ccc(F)c(F)c1. The van der Waals surface area contributed by atoms with Crippen LogP contribution in [-0.4, -0.2) is 44.7 Å². The predicted octanol–water partition coefficient (Wildman–Crippen LogP) is 1.20. The lowest BCUT2D eigenvalue weighted by Gasteiger charge is -2.32. The van der Waals surface area contributed by atoms with Crippen molar-refractivity contribution >= 4 is 36.1 Å². The van der Waals surface area contributed by atoms with Gasteiger partial charge in [0.15, 0.2) is 11.6 Å². The summed E-state index contributed by atoms with van der Waals surface area (Å²) in [7, 11) is 0. The fraction of sp³-hybridized carbons (Fsp3) is 0.467. The zero-order chi connectivity index (χ0) is 17.8. The fourth-order valence-corrected chi connectivity index (χ4v) is 4.98. The Hall–Kier alpha value is -1.42. The van der Waals surface area contributed by atoms with E-state index in [2.05, 4.69) is 0 Å². The molecule has 0 spiro atoms. The van der Waals surface area contributed by atoms with E-state index in [-0.39, 0.29) is 18.2 Å². The van der Waals surface area contributed by atoms with Gasteiger partial charge in [0.05, 0.1) is 12.0 Å². The topological polar surface area (TPSA) is 121 Å². The Balaban J connectivity index is 0.00000225. The lowest BCUT2D eigenvalue weighted by molar-refractivity contribution is -0.148. The van der Waals surface area contributed by atoms with Crippen LogP contribution >= 0.6 is 24.2 Å². The molecule has 0 aliphatic heterocycles. The monoisotopic (exact) mass is 395 g/mol. The van der Waals surface area contributed by atoms with Crippen LogP contribution < -0.4 is 5.73 Å². The highest BCUT2D eigenvalue weighted by Crippen LogP contribution is 2.64. The molecule has 5 N–H and O–H groups in total. The van der Waals surface area contributed by atoms with E-state index in [9.17, 15) is 28.6 Å². The Bertz CT molecular complexity index is 723. The molecule has 2 aliphatic carbocycles. The first-order valence-corrected chi connectivity index (χ1v) is 8.19. The number of halogens is 3. The molecule has 1 aromatic rings. The summed E-state index contributed by atoms with van der Waals surface area (Å²) >= 11 is 1.04. The highest BCUT2D eigenvalue weighted by atomic mass is 35.5. The van der Waals surface area contributed by atoms with E-state index in [1.54, 1.807) is 0 Å². The van der Waals surface area contributed by atoms with Crippen LogP contribution in [0.4, 0.5) is 8.78 Å². The molecule has 6 atom stereocenters. The van der Waals surface area contributed by atoms with Gasteiger partial charge in [-0.15, -0.1) is 24.2 Å². The summed E-state index contributed by atoms with van der Waals surface area (Å²) in [6.07, 6.45) is -1.17. The average Bonchev–Trinajstić information content (AvgIpc) is 3.21. The number of rotatable bonds is 5. The maximum atomic E-state index is 13.2. The lowest BCUT2D eigenvalue weighted by atomic mass is 9.81. The second-order valence-electron chi connectivity index (χ2n) is 6.19. The number of hydrogen-bond donors (Lipinski definition) is 4. The zero-order valence-electron chi connectivity index (χ0n) is 12.6. The third-order valence-corrected chi connectivity index (χ3v) is 6.14. The second kappa shape index (κ2) is 6.71. The standard InChI is InChI=1S/C15H15F2NO5S.ClH/c16-7-2-1-5(3-8(7)17)24-4-6-12(19)9-10(13(20)21)11(9)15(6,18)14(22)23;/h1-3,6,9-12,19H,4,18H2,(H,20,21)(H,22,23);1H/t6-,9+,10+,11+,12-,15+;/m1./s1. The van der Waals surface area contributed by atoms with Crippen molar-refractivity contribution in [3.63, 3.8) is 0 Å². The summed E-state index contributed by atoms with van der Waals surface area (Å²) in [5.41, 5.74) is 4.14. The molecule has 138 valence electrons. The molecule has 10 heteroatoms. The molecule has 3 rings (SSSR count). The summed E-state index contributed by atoms with van der Waals surface area (Å²) in [5, 5.41) is 28.9. The molecule has 0 saturated heterocycles. The number of aliphatic hydroxyl groups is 1. The van der Waals surface area contributed by atoms with E-state index in [0.29, 0.717) is 4.90 Å². The van der Waals surface area contributed by atoms with Crippen LogP contribution in [-0.2, 0) is 9.59 Å². The molecule has 0 heterocycles. The summed E-state index contributed by atoms with van der Waals surface area (Å²) in [5.74, 6) is -7.90. The maximum absolute atomic E-state index is 13.2. The van der Waals surface area contributed by atoms with Gasteiger partial charge in [0.2, 0.25) is 0 Å². The number of fused-ring (bicyclic) bond motifs is 1. The van der Waals surface area contributed by atoms with E-state index in [4.69, 9.17) is 10.8 Å². The van der Waals surface area contributed by atoms with Gasteiger partial charge in [0, 0.05) is 28.4 Å². The van der Waals surface area contributed by atoms with Gasteiger partial charge in [-0.3, -0.25) is 9.59 Å². The Morgan fingerprint density at radius 3 is 2.40 bits per heavy atom. The number of carboxylic acids is 2. The van der Waals surface area contributed by atoms with E-state index < -0.39 is 58.9 Å². The van der Waals surface area contributed by atoms with Gasteiger partial charge in [-0.05, 0) is 18.2 Å². The summed E-state index contributed by atoms with van der Waals surface area (Å²) in [4.78, 5) is 23.2. The van der Waals surface area contributed by atoms with E-state index in [1.165, 1.54) is 6.07 Å². The first-order chi connectivity index (χ1) is 11.2. The molecule has 0 bridgehead atoms. The largest absolute Gasteiger partial charge is 0.481 e.